The largest absolute Gasteiger partial charge is 0.305 e. The highest BCUT2D eigenvalue weighted by atomic mass is 19.1. The average molecular weight is 262 g/mol. The van der Waals surface area contributed by atoms with Gasteiger partial charge in [0, 0.05) is 5.56 Å². The molecule has 4 heteroatoms. The van der Waals surface area contributed by atoms with Crippen molar-refractivity contribution in [3.05, 3.63) is 65.0 Å². The molecular weight excluding hydrogens is 246 g/mol. The van der Waals surface area contributed by atoms with Gasteiger partial charge in [0.05, 0.1) is 17.9 Å². The van der Waals surface area contributed by atoms with Gasteiger partial charge in [-0.05, 0) is 31.7 Å². The highest BCUT2D eigenvalue weighted by molar-refractivity contribution is 5.32. The van der Waals surface area contributed by atoms with Crippen molar-refractivity contribution in [2.45, 2.75) is 19.9 Å². The van der Waals surface area contributed by atoms with Crippen molar-refractivity contribution >= 4 is 0 Å². The zero-order chi connectivity index (χ0) is 13.8. The zero-order valence-corrected chi connectivity index (χ0v) is 11.0. The van der Waals surface area contributed by atoms with E-state index in [1.54, 1.807) is 18.2 Å². The highest BCUT2D eigenvalue weighted by Crippen LogP contribution is 2.24. The lowest BCUT2D eigenvalue weighted by atomic mass is 10.0. The summed E-state index contributed by atoms with van der Waals surface area (Å²) in [5.41, 5.74) is 2.11. The lowest BCUT2D eigenvalue weighted by Crippen LogP contribution is -2.24. The third-order valence-corrected chi connectivity index (χ3v) is 2.92. The quantitative estimate of drug-likeness (QED) is 0.913. The highest BCUT2D eigenvalue weighted by Gasteiger charge is 2.18. The Kier molecular flexibility index (Phi) is 4.22. The molecule has 1 unspecified atom stereocenters. The topological polar surface area (TPSA) is 24.9 Å². The van der Waals surface area contributed by atoms with Crippen LogP contribution in [0.3, 0.4) is 0 Å². The van der Waals surface area contributed by atoms with Crippen LogP contribution in [0.1, 0.15) is 29.8 Å². The van der Waals surface area contributed by atoms with Crippen molar-refractivity contribution in [1.82, 2.24) is 10.3 Å². The Bertz CT molecular complexity index is 553. The van der Waals surface area contributed by atoms with Gasteiger partial charge < -0.3 is 5.32 Å². The van der Waals surface area contributed by atoms with Gasteiger partial charge in [-0.1, -0.05) is 24.6 Å². The molecule has 0 bridgehead atoms. The smallest absolute Gasteiger partial charge is 0.141 e. The predicted octanol–water partition coefficient (Wildman–Crippen LogP) is 3.37. The van der Waals surface area contributed by atoms with Gasteiger partial charge in [0.25, 0.3) is 0 Å². The van der Waals surface area contributed by atoms with Gasteiger partial charge in [0.1, 0.15) is 11.6 Å². The van der Waals surface area contributed by atoms with E-state index in [-0.39, 0.29) is 11.9 Å². The Hall–Kier alpha value is -1.81. The van der Waals surface area contributed by atoms with Crippen molar-refractivity contribution in [1.29, 1.82) is 0 Å². The number of pyridine rings is 1. The van der Waals surface area contributed by atoms with Gasteiger partial charge in [0.15, 0.2) is 0 Å². The predicted molar refractivity (Wildman–Crippen MR) is 70.9 cm³/mol. The van der Waals surface area contributed by atoms with Gasteiger partial charge in [-0.2, -0.15) is 0 Å². The van der Waals surface area contributed by atoms with E-state index >= 15 is 0 Å². The van der Waals surface area contributed by atoms with Gasteiger partial charge >= 0.3 is 0 Å². The lowest BCUT2D eigenvalue weighted by molar-refractivity contribution is 0.548. The summed E-state index contributed by atoms with van der Waals surface area (Å²) < 4.78 is 26.9. The first-order chi connectivity index (χ1) is 9.11. The van der Waals surface area contributed by atoms with Crippen molar-refractivity contribution in [3.8, 4) is 0 Å². The van der Waals surface area contributed by atoms with E-state index in [1.165, 1.54) is 12.1 Å². The standard InChI is InChI=1S/C15H16F2N2/c1-3-18-15(14-7-5-11(16)9-19-14)12-8-10(2)4-6-13(12)17/h4-9,15,18H,3H2,1-2H3. The van der Waals surface area contributed by atoms with Crippen LogP contribution >= 0.6 is 0 Å². The summed E-state index contributed by atoms with van der Waals surface area (Å²) in [7, 11) is 0. The molecule has 0 spiro atoms. The van der Waals surface area contributed by atoms with Crippen molar-refractivity contribution in [3.63, 3.8) is 0 Å². The number of nitrogens with zero attached hydrogens (tertiary/aromatic N) is 1. The van der Waals surface area contributed by atoms with Crippen LogP contribution < -0.4 is 5.32 Å². The molecule has 1 N–H and O–H groups in total. The molecule has 0 aliphatic rings. The number of benzene rings is 1. The third kappa shape index (κ3) is 3.15. The second-order valence-corrected chi connectivity index (χ2v) is 4.42. The van der Waals surface area contributed by atoms with Crippen LogP contribution in [0, 0.1) is 18.6 Å². The molecule has 0 saturated carbocycles. The minimum Gasteiger partial charge on any atom is -0.305 e. The maximum Gasteiger partial charge on any atom is 0.141 e. The van der Waals surface area contributed by atoms with Crippen molar-refractivity contribution in [2.24, 2.45) is 0 Å². The number of nitrogens with one attached hydrogen (secondary N) is 1. The maximum atomic E-state index is 14.0. The van der Waals surface area contributed by atoms with E-state index in [2.05, 4.69) is 10.3 Å². The molecule has 0 radical (unpaired) electrons. The Morgan fingerprint density at radius 2 is 2.00 bits per heavy atom. The molecule has 1 aromatic carbocycles. The van der Waals surface area contributed by atoms with Crippen LogP contribution in [-0.4, -0.2) is 11.5 Å². The average Bonchev–Trinajstić information content (AvgIpc) is 2.40. The summed E-state index contributed by atoms with van der Waals surface area (Å²) in [4.78, 5) is 4.04. The molecule has 100 valence electrons. The van der Waals surface area contributed by atoms with E-state index < -0.39 is 5.82 Å². The van der Waals surface area contributed by atoms with E-state index in [9.17, 15) is 8.78 Å². The normalized spacial score (nSPS) is 12.4. The van der Waals surface area contributed by atoms with Gasteiger partial charge in [-0.15, -0.1) is 0 Å². The Morgan fingerprint density at radius 3 is 2.63 bits per heavy atom. The number of aromatic nitrogens is 1. The van der Waals surface area contributed by atoms with E-state index in [0.717, 1.165) is 11.8 Å². The van der Waals surface area contributed by atoms with Crippen LogP contribution in [0.2, 0.25) is 0 Å². The van der Waals surface area contributed by atoms with Crippen LogP contribution in [0.15, 0.2) is 36.5 Å². The summed E-state index contributed by atoms with van der Waals surface area (Å²) >= 11 is 0. The minimum absolute atomic E-state index is 0.289. The summed E-state index contributed by atoms with van der Waals surface area (Å²) in [6.45, 7) is 4.51. The SMILES string of the molecule is CCNC(c1ccc(F)cn1)c1cc(C)ccc1F. The number of aryl methyl sites for hydroxylation is 1. The fraction of sp³-hybridized carbons (Fsp3) is 0.267. The maximum absolute atomic E-state index is 14.0. The minimum atomic E-state index is -0.399. The van der Waals surface area contributed by atoms with Crippen LogP contribution in [0.25, 0.3) is 0 Å². The molecule has 19 heavy (non-hydrogen) atoms. The second kappa shape index (κ2) is 5.89. The number of halogens is 2. The van der Waals surface area contributed by atoms with E-state index in [4.69, 9.17) is 0 Å². The van der Waals surface area contributed by atoms with Crippen molar-refractivity contribution < 1.29 is 8.78 Å². The molecule has 1 aromatic heterocycles. The number of hydrogen-bond donors (Lipinski definition) is 1. The van der Waals surface area contributed by atoms with Gasteiger partial charge in [0.2, 0.25) is 0 Å². The number of hydrogen-bond acceptors (Lipinski definition) is 2. The first-order valence-corrected chi connectivity index (χ1v) is 6.22. The molecule has 1 atom stereocenters. The van der Waals surface area contributed by atoms with E-state index in [1.807, 2.05) is 13.8 Å². The van der Waals surface area contributed by atoms with Crippen molar-refractivity contribution in [2.75, 3.05) is 6.54 Å². The fourth-order valence-electron chi connectivity index (χ4n) is 2.02. The molecule has 0 amide bonds. The van der Waals surface area contributed by atoms with Gasteiger partial charge in [-0.25, -0.2) is 8.78 Å². The summed E-state index contributed by atoms with van der Waals surface area (Å²) in [6.07, 6.45) is 1.15. The van der Waals surface area contributed by atoms with Crippen LogP contribution in [0.4, 0.5) is 8.78 Å². The third-order valence-electron chi connectivity index (χ3n) is 2.92. The Balaban J connectivity index is 2.44. The molecule has 2 aromatic rings. The first kappa shape index (κ1) is 13.6. The van der Waals surface area contributed by atoms with Crippen LogP contribution in [0.5, 0.6) is 0 Å². The Morgan fingerprint density at radius 1 is 1.21 bits per heavy atom. The lowest BCUT2D eigenvalue weighted by Gasteiger charge is -2.19. The van der Waals surface area contributed by atoms with Gasteiger partial charge in [-0.3, -0.25) is 4.98 Å². The molecule has 2 nitrogen and oxygen atoms in total. The number of rotatable bonds is 4. The molecule has 0 aliphatic heterocycles. The Labute approximate surface area is 111 Å². The molecule has 2 rings (SSSR count). The van der Waals surface area contributed by atoms with Crippen LogP contribution in [-0.2, 0) is 0 Å². The summed E-state index contributed by atoms with van der Waals surface area (Å²) in [5, 5.41) is 3.18. The molecule has 0 saturated heterocycles. The first-order valence-electron chi connectivity index (χ1n) is 6.22. The second-order valence-electron chi connectivity index (χ2n) is 4.42. The molecule has 0 fully saturated rings. The molecular formula is C15H16F2N2. The van der Waals surface area contributed by atoms with E-state index in [0.29, 0.717) is 17.8 Å². The fourth-order valence-corrected chi connectivity index (χ4v) is 2.02. The summed E-state index contributed by atoms with van der Waals surface area (Å²) in [5.74, 6) is -0.689. The summed E-state index contributed by atoms with van der Waals surface area (Å²) in [6, 6.07) is 7.49. The molecule has 1 heterocycles. The monoisotopic (exact) mass is 262 g/mol. The zero-order valence-electron chi connectivity index (χ0n) is 11.0. The molecule has 0 aliphatic carbocycles.